The van der Waals surface area contributed by atoms with E-state index in [4.69, 9.17) is 10.2 Å². The first-order valence-corrected chi connectivity index (χ1v) is 11.2. The van der Waals surface area contributed by atoms with Crippen molar-refractivity contribution in [3.05, 3.63) is 71.8 Å². The summed E-state index contributed by atoms with van der Waals surface area (Å²) in [6, 6.07) is 15.2. The minimum absolute atomic E-state index is 0.375. The van der Waals surface area contributed by atoms with E-state index in [0.29, 0.717) is 25.5 Å². The molecule has 2 aromatic carbocycles. The van der Waals surface area contributed by atoms with E-state index in [9.17, 15) is 28.0 Å². The van der Waals surface area contributed by atoms with Crippen LogP contribution in [0.5, 0.6) is 0 Å². The monoisotopic (exact) mass is 512 g/mol. The summed E-state index contributed by atoms with van der Waals surface area (Å²) in [6.45, 7) is 10.8. The van der Waals surface area contributed by atoms with Crippen LogP contribution in [0.25, 0.3) is 0 Å². The van der Waals surface area contributed by atoms with Gasteiger partial charge in [-0.15, -0.1) is 0 Å². The summed E-state index contributed by atoms with van der Waals surface area (Å²) < 4.78 is 19.0. The normalized spacial score (nSPS) is 9.83. The maximum atomic E-state index is 11.4. The number of benzene rings is 2. The fraction of sp³-hybridized carbons (Fsp3) is 0.385. The fourth-order valence-corrected chi connectivity index (χ4v) is 1.86. The molecule has 2 amide bonds. The van der Waals surface area contributed by atoms with E-state index in [1.54, 1.807) is 60.7 Å². The molecule has 2 aromatic rings. The Morgan fingerprint density at radius 3 is 1.00 bits per heavy atom. The van der Waals surface area contributed by atoms with Crippen LogP contribution in [0, 0.1) is 0 Å². The Hall–Kier alpha value is -3.82. The fourth-order valence-electron chi connectivity index (χ4n) is 1.86. The molecule has 204 valence electrons. The van der Waals surface area contributed by atoms with E-state index >= 15 is 0 Å². The molecule has 0 saturated carbocycles. The van der Waals surface area contributed by atoms with Crippen LogP contribution in [0.4, 0.5) is 8.78 Å². The molecule has 0 aliphatic rings. The summed E-state index contributed by atoms with van der Waals surface area (Å²) in [4.78, 5) is 43.7. The SMILES string of the molecule is CC.CC.C[18F].C[18F].C[C@@H](NC(=O)c1ccccc1)C(=O)O.C[C@H](NC(=O)c1ccccc1)C(=O)O. The zero-order valence-corrected chi connectivity index (χ0v) is 22.2. The highest BCUT2D eigenvalue weighted by Gasteiger charge is 2.15. The van der Waals surface area contributed by atoms with Gasteiger partial charge in [-0.1, -0.05) is 64.1 Å². The number of rotatable bonds is 6. The molecule has 4 N–H and O–H groups in total. The van der Waals surface area contributed by atoms with Gasteiger partial charge in [0, 0.05) is 11.1 Å². The van der Waals surface area contributed by atoms with E-state index in [1.165, 1.54) is 13.8 Å². The summed E-state index contributed by atoms with van der Waals surface area (Å²) in [7, 11) is 1.00. The lowest BCUT2D eigenvalue weighted by Gasteiger charge is -2.08. The number of carboxylic acid groups (broad SMARTS) is 2. The van der Waals surface area contributed by atoms with Crippen molar-refractivity contribution in [1.29, 1.82) is 0 Å². The van der Waals surface area contributed by atoms with Gasteiger partial charge in [0.1, 0.15) is 12.1 Å². The molecule has 0 heterocycles. The predicted octanol–water partition coefficient (Wildman–Crippen LogP) is 5.00. The maximum absolute atomic E-state index is 11.4. The average molecular weight is 513 g/mol. The highest BCUT2D eigenvalue weighted by molar-refractivity contribution is 5.97. The molecule has 0 saturated heterocycles. The summed E-state index contributed by atoms with van der Waals surface area (Å²) in [5, 5.41) is 21.8. The van der Waals surface area contributed by atoms with Crippen LogP contribution < -0.4 is 10.6 Å². The van der Waals surface area contributed by atoms with Gasteiger partial charge in [-0.3, -0.25) is 28.0 Å². The van der Waals surface area contributed by atoms with Crippen molar-refractivity contribution >= 4 is 23.8 Å². The van der Waals surface area contributed by atoms with E-state index in [0.717, 1.165) is 0 Å². The number of aliphatic carboxylic acids is 2. The van der Waals surface area contributed by atoms with Crippen molar-refractivity contribution in [1.82, 2.24) is 10.6 Å². The number of halogens is 2. The molecule has 0 unspecified atom stereocenters. The number of amides is 2. The van der Waals surface area contributed by atoms with Crippen molar-refractivity contribution < 1.29 is 38.2 Å². The number of alkyl halides is 2. The molecule has 2 atom stereocenters. The van der Waals surface area contributed by atoms with E-state index in [1.807, 2.05) is 27.7 Å². The molecule has 8 nitrogen and oxygen atoms in total. The number of hydrogen-bond acceptors (Lipinski definition) is 4. The lowest BCUT2D eigenvalue weighted by molar-refractivity contribution is -0.139. The van der Waals surface area contributed by atoms with Crippen molar-refractivity contribution in [3.63, 3.8) is 0 Å². The first-order valence-electron chi connectivity index (χ1n) is 11.2. The molecule has 10 heteroatoms. The van der Waals surface area contributed by atoms with Crippen molar-refractivity contribution in [2.45, 2.75) is 53.6 Å². The Morgan fingerprint density at radius 1 is 0.583 bits per heavy atom. The standard InChI is InChI=1S/2C10H11NO3.2C2H6.2CH3F/c2*1-7(10(13)14)11-9(12)8-5-3-2-4-6-8;4*1-2/h2*2-7H,1H3,(H,11,12)(H,13,14);2*1-2H3;2*1H3/t2*7-;;;;/m10..../s1/i;;;;2*2-1. The quantitative estimate of drug-likeness (QED) is 0.430. The maximum Gasteiger partial charge on any atom is 0.325 e. The largest absolute Gasteiger partial charge is 0.480 e. The van der Waals surface area contributed by atoms with Gasteiger partial charge in [0.05, 0.1) is 14.4 Å². The van der Waals surface area contributed by atoms with E-state index in [-0.39, 0.29) is 11.8 Å². The lowest BCUT2D eigenvalue weighted by Crippen LogP contribution is -2.38. The predicted molar refractivity (Wildman–Crippen MR) is 139 cm³/mol. The van der Waals surface area contributed by atoms with Gasteiger partial charge in [-0.25, -0.2) is 0 Å². The highest BCUT2D eigenvalue weighted by Crippen LogP contribution is 1.99. The van der Waals surface area contributed by atoms with E-state index in [2.05, 4.69) is 10.6 Å². The van der Waals surface area contributed by atoms with Crippen molar-refractivity contribution in [2.24, 2.45) is 0 Å². The third-order valence-corrected chi connectivity index (χ3v) is 3.51. The Bertz CT molecular complexity index is 752. The Kier molecular flexibility index (Phi) is 30.0. The zero-order chi connectivity index (χ0) is 29.1. The summed E-state index contributed by atoms with van der Waals surface area (Å²) in [5.74, 6) is -2.84. The number of hydrogen-bond donors (Lipinski definition) is 4. The van der Waals surface area contributed by atoms with Gasteiger partial charge in [0.15, 0.2) is 0 Å². The molecule has 0 spiro atoms. The molecule has 0 bridgehead atoms. The second kappa shape index (κ2) is 27.4. The van der Waals surface area contributed by atoms with Crippen LogP contribution in [-0.4, -0.2) is 60.4 Å². The third kappa shape index (κ3) is 19.6. The molecule has 2 rings (SSSR count). The molecule has 0 radical (unpaired) electrons. The number of carbonyl (C=O) groups excluding carboxylic acids is 2. The zero-order valence-electron chi connectivity index (χ0n) is 22.2. The van der Waals surface area contributed by atoms with Gasteiger partial charge in [0.25, 0.3) is 11.8 Å². The minimum Gasteiger partial charge on any atom is -0.480 e. The highest BCUT2D eigenvalue weighted by atomic mass is 18.2. The van der Waals surface area contributed by atoms with Crippen LogP contribution in [0.3, 0.4) is 0 Å². The summed E-state index contributed by atoms with van der Waals surface area (Å²) in [6.07, 6.45) is 0. The number of nitrogens with one attached hydrogen (secondary N) is 2. The molecular weight excluding hydrogens is 472 g/mol. The smallest absolute Gasteiger partial charge is 0.325 e. The topological polar surface area (TPSA) is 133 Å². The second-order valence-electron chi connectivity index (χ2n) is 5.80. The second-order valence-corrected chi connectivity index (χ2v) is 5.80. The van der Waals surface area contributed by atoms with Crippen LogP contribution >= 0.6 is 0 Å². The molecule has 0 fully saturated rings. The Balaban J connectivity index is -0.000000222. The van der Waals surface area contributed by atoms with Crippen LogP contribution in [0.2, 0.25) is 0 Å². The first kappa shape index (κ1) is 39.4. The van der Waals surface area contributed by atoms with Crippen molar-refractivity contribution in [3.8, 4) is 0 Å². The third-order valence-electron chi connectivity index (χ3n) is 3.51. The molecule has 0 aliphatic carbocycles. The van der Waals surface area contributed by atoms with E-state index < -0.39 is 24.0 Å². The number of carbonyl (C=O) groups is 4. The summed E-state index contributed by atoms with van der Waals surface area (Å²) >= 11 is 0. The molecular formula is C26H40F2N2O6. The average Bonchev–Trinajstić information content (AvgIpc) is 2.94. The summed E-state index contributed by atoms with van der Waals surface area (Å²) in [5.41, 5.74) is 0.918. The molecule has 36 heavy (non-hydrogen) atoms. The molecule has 0 aromatic heterocycles. The first-order chi connectivity index (χ1) is 17.2. The van der Waals surface area contributed by atoms with Gasteiger partial charge in [0.2, 0.25) is 0 Å². The molecule has 0 aliphatic heterocycles. The minimum atomic E-state index is -1.05. The van der Waals surface area contributed by atoms with Gasteiger partial charge < -0.3 is 20.8 Å². The number of carboxylic acids is 2. The van der Waals surface area contributed by atoms with Crippen LogP contribution in [0.15, 0.2) is 60.7 Å². The van der Waals surface area contributed by atoms with Gasteiger partial charge >= 0.3 is 11.9 Å². The van der Waals surface area contributed by atoms with Crippen molar-refractivity contribution in [2.75, 3.05) is 14.4 Å². The van der Waals surface area contributed by atoms with Gasteiger partial charge in [-0.05, 0) is 38.1 Å². The Morgan fingerprint density at radius 2 is 0.806 bits per heavy atom. The van der Waals surface area contributed by atoms with Crippen LogP contribution in [0.1, 0.15) is 62.3 Å². The van der Waals surface area contributed by atoms with Crippen LogP contribution in [-0.2, 0) is 9.59 Å². The Labute approximate surface area is 212 Å². The lowest BCUT2D eigenvalue weighted by atomic mass is 10.2. The van der Waals surface area contributed by atoms with Gasteiger partial charge in [-0.2, -0.15) is 0 Å².